The molecule has 0 saturated carbocycles. The van der Waals surface area contributed by atoms with Gasteiger partial charge in [-0.15, -0.1) is 0 Å². The highest BCUT2D eigenvalue weighted by Gasteiger charge is 2.08. The van der Waals surface area contributed by atoms with Crippen LogP contribution in [0.3, 0.4) is 0 Å². The summed E-state index contributed by atoms with van der Waals surface area (Å²) in [7, 11) is 0. The van der Waals surface area contributed by atoms with Crippen LogP contribution in [0, 0.1) is 0 Å². The van der Waals surface area contributed by atoms with Crippen LogP contribution in [0.4, 0.5) is 11.4 Å². The van der Waals surface area contributed by atoms with Gasteiger partial charge in [0.05, 0.1) is 5.56 Å². The fourth-order valence-electron chi connectivity index (χ4n) is 2.52. The highest BCUT2D eigenvalue weighted by Crippen LogP contribution is 2.18. The number of ether oxygens (including phenoxy) is 2. The largest absolute Gasteiger partial charge is 0.508 e. The van der Waals surface area contributed by atoms with Crippen LogP contribution in [0.5, 0.6) is 11.5 Å². The van der Waals surface area contributed by atoms with Crippen LogP contribution in [0.1, 0.15) is 21.5 Å². The molecule has 3 aromatic rings. The van der Waals surface area contributed by atoms with E-state index in [1.807, 2.05) is 0 Å². The maximum atomic E-state index is 12.1. The van der Waals surface area contributed by atoms with E-state index in [0.29, 0.717) is 33.8 Å². The highest BCUT2D eigenvalue weighted by atomic mass is 16.5. The predicted molar refractivity (Wildman–Crippen MR) is 114 cm³/mol. The molecule has 0 heterocycles. The molecule has 0 saturated heterocycles. The zero-order valence-corrected chi connectivity index (χ0v) is 15.9. The fraction of sp³-hybridized carbons (Fsp3) is 0.0435. The molecule has 0 spiro atoms. The van der Waals surface area contributed by atoms with Crippen molar-refractivity contribution in [2.24, 2.45) is 0 Å². The molecule has 0 fully saturated rings. The SMILES string of the molecule is Nc1ccc(COC(=O)/C=C/c2ccc(C(=O)Oc3ccc(O)cc3)cc2)c(N)c1. The number of anilines is 2. The van der Waals surface area contributed by atoms with E-state index in [-0.39, 0.29) is 12.4 Å². The van der Waals surface area contributed by atoms with Gasteiger partial charge in [0.2, 0.25) is 0 Å². The van der Waals surface area contributed by atoms with E-state index < -0.39 is 11.9 Å². The number of rotatable bonds is 6. The Hall–Kier alpha value is -4.26. The van der Waals surface area contributed by atoms with Crippen molar-refractivity contribution < 1.29 is 24.2 Å². The first-order valence-electron chi connectivity index (χ1n) is 9.01. The molecule has 30 heavy (non-hydrogen) atoms. The van der Waals surface area contributed by atoms with Crippen molar-refractivity contribution in [2.45, 2.75) is 6.61 Å². The lowest BCUT2D eigenvalue weighted by Gasteiger charge is -2.06. The van der Waals surface area contributed by atoms with Gasteiger partial charge in [0, 0.05) is 23.0 Å². The molecule has 3 rings (SSSR count). The van der Waals surface area contributed by atoms with Gasteiger partial charge in [-0.25, -0.2) is 9.59 Å². The Labute approximate surface area is 173 Å². The predicted octanol–water partition coefficient (Wildman–Crippen LogP) is 3.53. The first-order valence-corrected chi connectivity index (χ1v) is 9.01. The van der Waals surface area contributed by atoms with E-state index in [0.717, 1.165) is 0 Å². The second kappa shape index (κ2) is 9.29. The number of nitrogens with two attached hydrogens (primary N) is 2. The number of aromatic hydroxyl groups is 1. The second-order valence-electron chi connectivity index (χ2n) is 6.40. The minimum Gasteiger partial charge on any atom is -0.508 e. The van der Waals surface area contributed by atoms with Crippen LogP contribution >= 0.6 is 0 Å². The van der Waals surface area contributed by atoms with Gasteiger partial charge >= 0.3 is 11.9 Å². The lowest BCUT2D eigenvalue weighted by molar-refractivity contribution is -0.138. The molecule has 7 nitrogen and oxygen atoms in total. The van der Waals surface area contributed by atoms with Crippen LogP contribution < -0.4 is 16.2 Å². The summed E-state index contributed by atoms with van der Waals surface area (Å²) < 4.78 is 10.4. The smallest absolute Gasteiger partial charge is 0.343 e. The Kier molecular flexibility index (Phi) is 6.34. The number of carbonyl (C=O) groups excluding carboxylic acids is 2. The molecule has 152 valence electrons. The Morgan fingerprint density at radius 1 is 0.933 bits per heavy atom. The highest BCUT2D eigenvalue weighted by molar-refractivity contribution is 5.91. The summed E-state index contributed by atoms with van der Waals surface area (Å²) in [4.78, 5) is 24.1. The van der Waals surface area contributed by atoms with Crippen molar-refractivity contribution >= 4 is 29.4 Å². The first kappa shape index (κ1) is 20.5. The van der Waals surface area contributed by atoms with Crippen LogP contribution in [0.15, 0.2) is 72.8 Å². The quantitative estimate of drug-likeness (QED) is 0.248. The number of nitrogen functional groups attached to an aromatic ring is 2. The van der Waals surface area contributed by atoms with Crippen molar-refractivity contribution in [2.75, 3.05) is 11.5 Å². The fourth-order valence-corrected chi connectivity index (χ4v) is 2.52. The molecule has 0 aliphatic rings. The summed E-state index contributed by atoms with van der Waals surface area (Å²) in [5.74, 6) is -0.647. The van der Waals surface area contributed by atoms with E-state index in [1.165, 1.54) is 30.3 Å². The third-order valence-corrected chi connectivity index (χ3v) is 4.15. The average Bonchev–Trinajstić information content (AvgIpc) is 2.73. The van der Waals surface area contributed by atoms with E-state index in [9.17, 15) is 14.7 Å². The zero-order valence-electron chi connectivity index (χ0n) is 15.9. The average molecular weight is 404 g/mol. The van der Waals surface area contributed by atoms with Gasteiger partial charge in [-0.2, -0.15) is 0 Å². The molecule has 0 aliphatic carbocycles. The standard InChI is InChI=1S/C23H20N2O5/c24-18-7-6-17(21(25)13-18)14-29-22(27)12-3-15-1-4-16(5-2-15)23(28)30-20-10-8-19(26)9-11-20/h1-13,26H,14,24-25H2/b12-3+. The molecule has 0 aromatic heterocycles. The molecule has 3 aromatic carbocycles. The number of esters is 2. The van der Waals surface area contributed by atoms with Crippen molar-refractivity contribution in [1.82, 2.24) is 0 Å². The summed E-state index contributed by atoms with van der Waals surface area (Å²) >= 11 is 0. The lowest BCUT2D eigenvalue weighted by Crippen LogP contribution is -2.08. The minimum atomic E-state index is -0.531. The third kappa shape index (κ3) is 5.62. The van der Waals surface area contributed by atoms with Crippen molar-refractivity contribution in [1.29, 1.82) is 0 Å². The minimum absolute atomic E-state index is 0.0390. The van der Waals surface area contributed by atoms with E-state index in [2.05, 4.69) is 0 Å². The number of carbonyl (C=O) groups is 2. The Bertz CT molecular complexity index is 1070. The number of benzene rings is 3. The van der Waals surface area contributed by atoms with Gasteiger partial charge in [0.15, 0.2) is 0 Å². The molecule has 0 bridgehead atoms. The van der Waals surface area contributed by atoms with Gasteiger partial charge in [0.25, 0.3) is 0 Å². The number of phenolic OH excluding ortho intramolecular Hbond substituents is 1. The second-order valence-corrected chi connectivity index (χ2v) is 6.40. The van der Waals surface area contributed by atoms with Gasteiger partial charge < -0.3 is 26.0 Å². The molecule has 7 heteroatoms. The van der Waals surface area contributed by atoms with Crippen molar-refractivity contribution in [3.8, 4) is 11.5 Å². The van der Waals surface area contributed by atoms with Crippen LogP contribution in [-0.2, 0) is 16.1 Å². The van der Waals surface area contributed by atoms with Crippen LogP contribution in [0.25, 0.3) is 6.08 Å². The van der Waals surface area contributed by atoms with Gasteiger partial charge in [-0.3, -0.25) is 0 Å². The molecule has 0 unspecified atom stereocenters. The van der Waals surface area contributed by atoms with E-state index >= 15 is 0 Å². The molecular formula is C23H20N2O5. The Morgan fingerprint density at radius 2 is 1.63 bits per heavy atom. The van der Waals surface area contributed by atoms with Gasteiger partial charge in [0.1, 0.15) is 18.1 Å². The van der Waals surface area contributed by atoms with Crippen LogP contribution in [-0.4, -0.2) is 17.0 Å². The molecule has 0 atom stereocenters. The molecule has 0 amide bonds. The lowest BCUT2D eigenvalue weighted by atomic mass is 10.1. The first-order chi connectivity index (χ1) is 14.4. The van der Waals surface area contributed by atoms with Crippen molar-refractivity contribution in [3.05, 3.63) is 89.5 Å². The van der Waals surface area contributed by atoms with Crippen molar-refractivity contribution in [3.63, 3.8) is 0 Å². The number of hydrogen-bond donors (Lipinski definition) is 3. The molecular weight excluding hydrogens is 384 g/mol. The third-order valence-electron chi connectivity index (χ3n) is 4.15. The van der Waals surface area contributed by atoms with Crippen LogP contribution in [0.2, 0.25) is 0 Å². The summed E-state index contributed by atoms with van der Waals surface area (Å²) in [6.45, 7) is 0.0390. The molecule has 0 radical (unpaired) electrons. The normalized spacial score (nSPS) is 10.7. The van der Waals surface area contributed by atoms with E-state index in [1.54, 1.807) is 48.5 Å². The molecule has 5 N–H and O–H groups in total. The maximum absolute atomic E-state index is 12.1. The van der Waals surface area contributed by atoms with Gasteiger partial charge in [-0.05, 0) is 60.2 Å². The summed E-state index contributed by atoms with van der Waals surface area (Å²) in [5, 5.41) is 9.25. The number of hydrogen-bond acceptors (Lipinski definition) is 7. The van der Waals surface area contributed by atoms with Gasteiger partial charge in [-0.1, -0.05) is 18.2 Å². The topological polar surface area (TPSA) is 125 Å². The monoisotopic (exact) mass is 404 g/mol. The summed E-state index contributed by atoms with van der Waals surface area (Å²) in [6, 6.07) is 17.4. The Balaban J connectivity index is 1.53. The maximum Gasteiger partial charge on any atom is 0.343 e. The number of phenols is 1. The van der Waals surface area contributed by atoms with E-state index in [4.69, 9.17) is 20.9 Å². The zero-order chi connectivity index (χ0) is 21.5. The summed E-state index contributed by atoms with van der Waals surface area (Å²) in [5.41, 5.74) is 14.2. The molecule has 0 aliphatic heterocycles. The Morgan fingerprint density at radius 3 is 2.30 bits per heavy atom. The summed E-state index contributed by atoms with van der Waals surface area (Å²) in [6.07, 6.45) is 2.86.